The highest BCUT2D eigenvalue weighted by Gasteiger charge is 2.25. The van der Waals surface area contributed by atoms with Crippen LogP contribution in [0.3, 0.4) is 0 Å². The summed E-state index contributed by atoms with van der Waals surface area (Å²) in [6, 6.07) is 7.37. The van der Waals surface area contributed by atoms with Crippen LogP contribution in [0.4, 0.5) is 5.69 Å². The second kappa shape index (κ2) is 9.67. The number of hydrazine groups is 1. The van der Waals surface area contributed by atoms with Crippen LogP contribution in [0.15, 0.2) is 36.7 Å². The molecule has 5 nitrogen and oxygen atoms in total. The molecule has 1 aliphatic carbocycles. The Labute approximate surface area is 154 Å². The maximum absolute atomic E-state index is 12.2. The second-order valence-electron chi connectivity index (χ2n) is 5.98. The van der Waals surface area contributed by atoms with Crippen molar-refractivity contribution in [2.75, 3.05) is 5.43 Å². The number of rotatable bonds is 4. The first kappa shape index (κ1) is 20.5. The van der Waals surface area contributed by atoms with Crippen molar-refractivity contribution < 1.29 is 4.79 Å². The summed E-state index contributed by atoms with van der Waals surface area (Å²) < 4.78 is 0. The van der Waals surface area contributed by atoms with E-state index < -0.39 is 6.04 Å². The van der Waals surface area contributed by atoms with Gasteiger partial charge in [0.1, 0.15) is 0 Å². The van der Waals surface area contributed by atoms with Gasteiger partial charge in [-0.15, -0.1) is 24.8 Å². The van der Waals surface area contributed by atoms with E-state index in [1.165, 1.54) is 19.3 Å². The van der Waals surface area contributed by atoms with E-state index >= 15 is 0 Å². The molecule has 132 valence electrons. The Balaban J connectivity index is 0.00000144. The number of aromatic nitrogens is 1. The first-order valence-electron chi connectivity index (χ1n) is 7.89. The number of anilines is 1. The van der Waals surface area contributed by atoms with Crippen LogP contribution in [0.25, 0.3) is 10.8 Å². The molecule has 4 N–H and O–H groups in total. The number of fused-ring (bicyclic) bond motifs is 1. The zero-order valence-corrected chi connectivity index (χ0v) is 15.0. The molecule has 1 saturated carbocycles. The fourth-order valence-corrected chi connectivity index (χ4v) is 3.09. The van der Waals surface area contributed by atoms with Gasteiger partial charge in [0.2, 0.25) is 0 Å². The number of nitrogens with two attached hydrogens (primary N) is 1. The van der Waals surface area contributed by atoms with Crippen molar-refractivity contribution >= 4 is 47.2 Å². The first-order chi connectivity index (χ1) is 10.7. The van der Waals surface area contributed by atoms with Crippen LogP contribution in [0.5, 0.6) is 0 Å². The summed E-state index contributed by atoms with van der Waals surface area (Å²) in [5.41, 5.74) is 12.6. The van der Waals surface area contributed by atoms with Crippen molar-refractivity contribution in [1.29, 1.82) is 0 Å². The number of pyridine rings is 1. The Morgan fingerprint density at radius 3 is 2.62 bits per heavy atom. The number of benzene rings is 1. The molecule has 1 aromatic carbocycles. The average Bonchev–Trinajstić information content (AvgIpc) is 2.59. The predicted octanol–water partition coefficient (Wildman–Crippen LogP) is 3.43. The normalized spacial score (nSPS) is 15.7. The van der Waals surface area contributed by atoms with Gasteiger partial charge in [-0.25, -0.2) is 0 Å². The lowest BCUT2D eigenvalue weighted by Gasteiger charge is -2.26. The van der Waals surface area contributed by atoms with Gasteiger partial charge in [-0.05, 0) is 42.3 Å². The van der Waals surface area contributed by atoms with Gasteiger partial charge >= 0.3 is 0 Å². The van der Waals surface area contributed by atoms with Crippen molar-refractivity contribution in [3.05, 3.63) is 36.7 Å². The lowest BCUT2D eigenvalue weighted by atomic mass is 9.84. The lowest BCUT2D eigenvalue weighted by molar-refractivity contribution is -0.123. The third-order valence-corrected chi connectivity index (χ3v) is 4.43. The number of amides is 1. The summed E-state index contributed by atoms with van der Waals surface area (Å²) in [6.07, 6.45) is 9.29. The molecule has 0 unspecified atom stereocenters. The van der Waals surface area contributed by atoms with Crippen LogP contribution in [0.1, 0.15) is 32.1 Å². The zero-order chi connectivity index (χ0) is 15.4. The van der Waals surface area contributed by atoms with Gasteiger partial charge in [0, 0.05) is 17.8 Å². The molecule has 0 radical (unpaired) electrons. The Bertz CT molecular complexity index is 662. The number of hydrogen-bond donors (Lipinski definition) is 3. The molecule has 24 heavy (non-hydrogen) atoms. The third-order valence-electron chi connectivity index (χ3n) is 4.43. The first-order valence-corrected chi connectivity index (χ1v) is 7.89. The second-order valence-corrected chi connectivity index (χ2v) is 5.98. The summed E-state index contributed by atoms with van der Waals surface area (Å²) in [6.45, 7) is 0. The smallest absolute Gasteiger partial charge is 0.255 e. The summed E-state index contributed by atoms with van der Waals surface area (Å²) in [4.78, 5) is 16.3. The van der Waals surface area contributed by atoms with Crippen molar-refractivity contribution in [1.82, 2.24) is 10.4 Å². The van der Waals surface area contributed by atoms with E-state index in [-0.39, 0.29) is 30.7 Å². The van der Waals surface area contributed by atoms with Crippen molar-refractivity contribution in [2.45, 2.75) is 38.1 Å². The molecule has 7 heteroatoms. The summed E-state index contributed by atoms with van der Waals surface area (Å²) in [7, 11) is 0. The van der Waals surface area contributed by atoms with Gasteiger partial charge < -0.3 is 5.73 Å². The van der Waals surface area contributed by atoms with E-state index in [2.05, 4.69) is 15.8 Å². The van der Waals surface area contributed by atoms with Gasteiger partial charge in [-0.2, -0.15) is 0 Å². The SMILES string of the molecule is Cl.Cl.N[C@@H](C(=O)NNc1ccc2cnccc2c1)C1CCCCC1. The molecule has 0 bridgehead atoms. The van der Waals surface area contributed by atoms with E-state index in [0.717, 1.165) is 29.3 Å². The minimum atomic E-state index is -0.433. The number of nitrogens with one attached hydrogen (secondary N) is 2. The minimum absolute atomic E-state index is 0. The molecular weight excluding hydrogens is 347 g/mol. The van der Waals surface area contributed by atoms with E-state index in [9.17, 15) is 4.79 Å². The van der Waals surface area contributed by atoms with Crippen LogP contribution in [-0.2, 0) is 4.79 Å². The van der Waals surface area contributed by atoms with Gasteiger partial charge in [0.25, 0.3) is 5.91 Å². The molecule has 2 aromatic rings. The maximum atomic E-state index is 12.2. The summed E-state index contributed by atoms with van der Waals surface area (Å²) in [5, 5.41) is 2.14. The number of hydrogen-bond acceptors (Lipinski definition) is 4. The highest BCUT2D eigenvalue weighted by Crippen LogP contribution is 2.25. The van der Waals surface area contributed by atoms with Gasteiger partial charge in [-0.3, -0.25) is 20.6 Å². The molecule has 1 aliphatic rings. The molecule has 3 rings (SSSR count). The third kappa shape index (κ3) is 4.97. The molecule has 0 spiro atoms. The molecule has 1 aromatic heterocycles. The minimum Gasteiger partial charge on any atom is -0.320 e. The standard InChI is InChI=1S/C17H22N4O.2ClH/c18-16(12-4-2-1-3-5-12)17(22)21-20-15-7-6-14-11-19-9-8-13(14)10-15;;/h6-12,16,20H,1-5,18H2,(H,21,22);2*1H/t16-;;/m1../s1. The molecule has 1 heterocycles. The number of nitrogens with zero attached hydrogens (tertiary/aromatic N) is 1. The van der Waals surface area contributed by atoms with Gasteiger partial charge in [0.15, 0.2) is 0 Å². The molecule has 0 saturated heterocycles. The number of carbonyl (C=O) groups excluding carboxylic acids is 1. The molecule has 0 aliphatic heterocycles. The van der Waals surface area contributed by atoms with Crippen molar-refractivity contribution in [3.8, 4) is 0 Å². The quantitative estimate of drug-likeness (QED) is 0.720. The number of halogens is 2. The fraction of sp³-hybridized carbons (Fsp3) is 0.412. The van der Waals surface area contributed by atoms with Crippen LogP contribution in [0, 0.1) is 5.92 Å². The summed E-state index contributed by atoms with van der Waals surface area (Å²) in [5.74, 6) is 0.167. The Hall–Kier alpha value is -1.56. The molecular formula is C17H24Cl2N4O. The highest BCUT2D eigenvalue weighted by atomic mass is 35.5. The molecule has 1 fully saturated rings. The topological polar surface area (TPSA) is 80.0 Å². The van der Waals surface area contributed by atoms with Crippen LogP contribution >= 0.6 is 24.8 Å². The van der Waals surface area contributed by atoms with Crippen LogP contribution in [-0.4, -0.2) is 16.9 Å². The Morgan fingerprint density at radius 2 is 1.88 bits per heavy atom. The Morgan fingerprint density at radius 1 is 1.12 bits per heavy atom. The van der Waals surface area contributed by atoms with E-state index in [1.54, 1.807) is 6.20 Å². The van der Waals surface area contributed by atoms with Gasteiger partial charge in [0.05, 0.1) is 11.7 Å². The fourth-order valence-electron chi connectivity index (χ4n) is 3.09. The van der Waals surface area contributed by atoms with Crippen molar-refractivity contribution in [2.24, 2.45) is 11.7 Å². The summed E-state index contributed by atoms with van der Waals surface area (Å²) >= 11 is 0. The van der Waals surface area contributed by atoms with E-state index in [4.69, 9.17) is 5.73 Å². The monoisotopic (exact) mass is 370 g/mol. The number of carbonyl (C=O) groups is 1. The van der Waals surface area contributed by atoms with Gasteiger partial charge in [-0.1, -0.05) is 25.3 Å². The zero-order valence-electron chi connectivity index (χ0n) is 13.4. The lowest BCUT2D eigenvalue weighted by Crippen LogP contribution is -2.47. The largest absolute Gasteiger partial charge is 0.320 e. The van der Waals surface area contributed by atoms with E-state index in [0.29, 0.717) is 5.92 Å². The average molecular weight is 371 g/mol. The predicted molar refractivity (Wildman–Crippen MR) is 103 cm³/mol. The Kier molecular flexibility index (Phi) is 8.25. The van der Waals surface area contributed by atoms with E-state index in [1.807, 2.05) is 30.5 Å². The maximum Gasteiger partial charge on any atom is 0.255 e. The van der Waals surface area contributed by atoms with Crippen LogP contribution in [0.2, 0.25) is 0 Å². The van der Waals surface area contributed by atoms with Crippen molar-refractivity contribution in [3.63, 3.8) is 0 Å². The van der Waals surface area contributed by atoms with Crippen LogP contribution < -0.4 is 16.6 Å². The molecule has 1 atom stereocenters. The highest BCUT2D eigenvalue weighted by molar-refractivity contribution is 5.86. The molecule has 1 amide bonds.